The van der Waals surface area contributed by atoms with Crippen LogP contribution in [0.1, 0.15) is 44.9 Å². The summed E-state index contributed by atoms with van der Waals surface area (Å²) in [6, 6.07) is 8.39. The Labute approximate surface area is 128 Å². The van der Waals surface area contributed by atoms with Crippen LogP contribution < -0.4 is 5.32 Å². The van der Waals surface area contributed by atoms with Gasteiger partial charge in [-0.05, 0) is 38.5 Å². The second-order valence-corrected chi connectivity index (χ2v) is 5.55. The lowest BCUT2D eigenvalue weighted by Crippen LogP contribution is -2.24. The largest absolute Gasteiger partial charge is 0.459 e. The van der Waals surface area contributed by atoms with Crippen LogP contribution in [0.3, 0.4) is 0 Å². The van der Waals surface area contributed by atoms with E-state index < -0.39 is 0 Å². The van der Waals surface area contributed by atoms with Gasteiger partial charge in [0, 0.05) is 17.5 Å². The van der Waals surface area contributed by atoms with Crippen molar-refractivity contribution < 1.29 is 4.42 Å². The van der Waals surface area contributed by atoms with Gasteiger partial charge >= 0.3 is 0 Å². The quantitative estimate of drug-likeness (QED) is 0.702. The van der Waals surface area contributed by atoms with Crippen molar-refractivity contribution in [3.63, 3.8) is 0 Å². The molecule has 0 spiro atoms. The minimum absolute atomic E-state index is 0.821. The molecule has 21 heavy (non-hydrogen) atoms. The zero-order valence-corrected chi connectivity index (χ0v) is 13.6. The smallest absolute Gasteiger partial charge is 0.134 e. The number of rotatable bonds is 9. The molecule has 1 heterocycles. The summed E-state index contributed by atoms with van der Waals surface area (Å²) in [6.07, 6.45) is 2.33. The lowest BCUT2D eigenvalue weighted by Gasteiger charge is -2.19. The van der Waals surface area contributed by atoms with E-state index in [0.29, 0.717) is 0 Å². The summed E-state index contributed by atoms with van der Waals surface area (Å²) in [7, 11) is 0. The van der Waals surface area contributed by atoms with Crippen LogP contribution in [0.25, 0.3) is 11.0 Å². The molecule has 0 aliphatic rings. The maximum absolute atomic E-state index is 6.08. The first kappa shape index (κ1) is 16.1. The van der Waals surface area contributed by atoms with Crippen LogP contribution in [0, 0.1) is 0 Å². The highest BCUT2D eigenvalue weighted by Gasteiger charge is 2.15. The molecule has 0 amide bonds. The molecule has 116 valence electrons. The minimum Gasteiger partial charge on any atom is -0.459 e. The highest BCUT2D eigenvalue weighted by Crippen LogP contribution is 2.27. The maximum atomic E-state index is 6.08. The fourth-order valence-electron chi connectivity index (χ4n) is 2.73. The summed E-state index contributed by atoms with van der Waals surface area (Å²) >= 11 is 0. The Morgan fingerprint density at radius 3 is 2.62 bits per heavy atom. The predicted molar refractivity (Wildman–Crippen MR) is 89.5 cm³/mol. The summed E-state index contributed by atoms with van der Waals surface area (Å²) in [4.78, 5) is 2.49. The highest BCUT2D eigenvalue weighted by molar-refractivity contribution is 5.82. The Kier molecular flexibility index (Phi) is 6.27. The number of para-hydroxylation sites is 1. The van der Waals surface area contributed by atoms with Crippen LogP contribution >= 0.6 is 0 Å². The highest BCUT2D eigenvalue weighted by atomic mass is 16.3. The second-order valence-electron chi connectivity index (χ2n) is 5.55. The zero-order chi connectivity index (χ0) is 15.1. The van der Waals surface area contributed by atoms with Gasteiger partial charge in [-0.2, -0.15) is 0 Å². The number of benzene rings is 1. The first-order valence-corrected chi connectivity index (χ1v) is 8.22. The third kappa shape index (κ3) is 4.08. The summed E-state index contributed by atoms with van der Waals surface area (Å²) in [5, 5.41) is 4.73. The Balaban J connectivity index is 2.26. The van der Waals surface area contributed by atoms with Crippen molar-refractivity contribution in [1.82, 2.24) is 10.2 Å². The molecule has 1 N–H and O–H groups in total. The molecule has 0 bridgehead atoms. The Bertz CT molecular complexity index is 547. The standard InChI is InChI=1S/C18H28N2O/c1-4-11-19-13-18-16(14-20(6-3)12-5-2)15-9-7-8-10-17(15)21-18/h7-10,19H,4-6,11-14H2,1-3H3. The molecule has 0 saturated carbocycles. The van der Waals surface area contributed by atoms with Crippen molar-refractivity contribution in [2.75, 3.05) is 19.6 Å². The molecular weight excluding hydrogens is 260 g/mol. The van der Waals surface area contributed by atoms with E-state index in [4.69, 9.17) is 4.42 Å². The molecule has 3 heteroatoms. The van der Waals surface area contributed by atoms with E-state index in [1.165, 1.54) is 17.4 Å². The number of hydrogen-bond donors (Lipinski definition) is 1. The lowest BCUT2D eigenvalue weighted by atomic mass is 10.1. The van der Waals surface area contributed by atoms with Gasteiger partial charge in [0.25, 0.3) is 0 Å². The monoisotopic (exact) mass is 288 g/mol. The van der Waals surface area contributed by atoms with Gasteiger partial charge in [0.05, 0.1) is 6.54 Å². The van der Waals surface area contributed by atoms with Gasteiger partial charge < -0.3 is 9.73 Å². The molecule has 0 unspecified atom stereocenters. The van der Waals surface area contributed by atoms with Gasteiger partial charge in [-0.3, -0.25) is 4.90 Å². The molecule has 1 aromatic carbocycles. The van der Waals surface area contributed by atoms with Crippen LogP contribution in [-0.4, -0.2) is 24.5 Å². The predicted octanol–water partition coefficient (Wildman–Crippen LogP) is 4.16. The summed E-state index contributed by atoms with van der Waals surface area (Å²) in [5.74, 6) is 1.10. The first-order valence-electron chi connectivity index (χ1n) is 8.22. The zero-order valence-electron chi connectivity index (χ0n) is 13.6. The minimum atomic E-state index is 0.821. The van der Waals surface area contributed by atoms with Crippen molar-refractivity contribution in [3.8, 4) is 0 Å². The first-order chi connectivity index (χ1) is 10.3. The fourth-order valence-corrected chi connectivity index (χ4v) is 2.73. The second kappa shape index (κ2) is 8.20. The maximum Gasteiger partial charge on any atom is 0.134 e. The van der Waals surface area contributed by atoms with Crippen molar-refractivity contribution in [3.05, 3.63) is 35.6 Å². The van der Waals surface area contributed by atoms with Crippen molar-refractivity contribution >= 4 is 11.0 Å². The molecule has 1 aromatic heterocycles. The summed E-state index contributed by atoms with van der Waals surface area (Å²) < 4.78 is 6.08. The number of nitrogens with zero attached hydrogens (tertiary/aromatic N) is 1. The molecule has 3 nitrogen and oxygen atoms in total. The number of fused-ring (bicyclic) bond motifs is 1. The van der Waals surface area contributed by atoms with E-state index in [9.17, 15) is 0 Å². The van der Waals surface area contributed by atoms with Crippen molar-refractivity contribution in [1.29, 1.82) is 0 Å². The summed E-state index contributed by atoms with van der Waals surface area (Å²) in [6.45, 7) is 11.7. The normalized spacial score (nSPS) is 11.6. The van der Waals surface area contributed by atoms with Crippen molar-refractivity contribution in [2.45, 2.75) is 46.7 Å². The Hall–Kier alpha value is -1.32. The molecule has 0 atom stereocenters. The van der Waals surface area contributed by atoms with Crippen LogP contribution in [0.5, 0.6) is 0 Å². The van der Waals surface area contributed by atoms with E-state index in [-0.39, 0.29) is 0 Å². The van der Waals surface area contributed by atoms with Gasteiger partial charge in [0.2, 0.25) is 0 Å². The molecular formula is C18H28N2O. The van der Waals surface area contributed by atoms with E-state index >= 15 is 0 Å². The molecule has 2 rings (SSSR count). The average Bonchev–Trinajstić information content (AvgIpc) is 2.85. The van der Waals surface area contributed by atoms with Crippen LogP contribution in [0.2, 0.25) is 0 Å². The van der Waals surface area contributed by atoms with E-state index in [1.54, 1.807) is 0 Å². The number of furan rings is 1. The topological polar surface area (TPSA) is 28.4 Å². The third-order valence-corrected chi connectivity index (χ3v) is 3.86. The number of hydrogen-bond acceptors (Lipinski definition) is 3. The molecule has 2 aromatic rings. The lowest BCUT2D eigenvalue weighted by molar-refractivity contribution is 0.278. The Morgan fingerprint density at radius 2 is 1.90 bits per heavy atom. The molecule has 0 fully saturated rings. The van der Waals surface area contributed by atoms with Gasteiger partial charge in [-0.25, -0.2) is 0 Å². The van der Waals surface area contributed by atoms with E-state index in [0.717, 1.165) is 50.5 Å². The van der Waals surface area contributed by atoms with Crippen LogP contribution in [0.15, 0.2) is 28.7 Å². The van der Waals surface area contributed by atoms with E-state index in [2.05, 4.69) is 49.2 Å². The molecule has 0 radical (unpaired) electrons. The average molecular weight is 288 g/mol. The van der Waals surface area contributed by atoms with Crippen LogP contribution in [0.4, 0.5) is 0 Å². The number of nitrogens with one attached hydrogen (secondary N) is 1. The fraction of sp³-hybridized carbons (Fsp3) is 0.556. The molecule has 0 aliphatic carbocycles. The van der Waals surface area contributed by atoms with Gasteiger partial charge in [0.1, 0.15) is 11.3 Å². The van der Waals surface area contributed by atoms with Crippen molar-refractivity contribution in [2.24, 2.45) is 0 Å². The van der Waals surface area contributed by atoms with Crippen LogP contribution in [-0.2, 0) is 13.1 Å². The molecule has 0 saturated heterocycles. The Morgan fingerprint density at radius 1 is 1.10 bits per heavy atom. The van der Waals surface area contributed by atoms with Gasteiger partial charge in [-0.15, -0.1) is 0 Å². The third-order valence-electron chi connectivity index (χ3n) is 3.86. The van der Waals surface area contributed by atoms with Gasteiger partial charge in [-0.1, -0.05) is 39.0 Å². The summed E-state index contributed by atoms with van der Waals surface area (Å²) in [5.41, 5.74) is 2.36. The van der Waals surface area contributed by atoms with E-state index in [1.807, 2.05) is 6.07 Å². The molecule has 0 aliphatic heterocycles. The SMILES string of the molecule is CCCNCc1oc2ccccc2c1CN(CC)CCC. The van der Waals surface area contributed by atoms with Gasteiger partial charge in [0.15, 0.2) is 0 Å².